The summed E-state index contributed by atoms with van der Waals surface area (Å²) in [6.07, 6.45) is 0.0146. The molecule has 0 spiro atoms. The van der Waals surface area contributed by atoms with Crippen molar-refractivity contribution >= 4 is 30.0 Å². The van der Waals surface area contributed by atoms with Crippen LogP contribution in [0.25, 0.3) is 22.8 Å². The number of carbonyl (C=O) groups is 1. The van der Waals surface area contributed by atoms with Crippen LogP contribution in [0.1, 0.15) is 19.4 Å². The van der Waals surface area contributed by atoms with Gasteiger partial charge in [-0.05, 0) is 50.2 Å². The van der Waals surface area contributed by atoms with Crippen molar-refractivity contribution in [1.29, 1.82) is 0 Å². The van der Waals surface area contributed by atoms with Crippen molar-refractivity contribution in [2.75, 3.05) is 6.61 Å². The van der Waals surface area contributed by atoms with E-state index in [1.54, 1.807) is 24.3 Å². The fourth-order valence-electron chi connectivity index (χ4n) is 3.06. The number of benzene rings is 2. The van der Waals surface area contributed by atoms with Gasteiger partial charge in [-0.1, -0.05) is 16.8 Å². The maximum atomic E-state index is 11.2. The fourth-order valence-corrected chi connectivity index (χ4v) is 3.29. The first kappa shape index (κ1) is 22.9. The van der Waals surface area contributed by atoms with Crippen molar-refractivity contribution in [3.8, 4) is 34.3 Å². The number of hydrogen-bond acceptors (Lipinski definition) is 7. The smallest absolute Gasteiger partial charge is 0.324 e. The molecule has 1 aliphatic rings. The van der Waals surface area contributed by atoms with E-state index >= 15 is 0 Å². The average molecular weight is 466 g/mol. The van der Waals surface area contributed by atoms with Gasteiger partial charge in [0.2, 0.25) is 5.82 Å². The van der Waals surface area contributed by atoms with Crippen LogP contribution in [0.3, 0.4) is 0 Å². The minimum atomic E-state index is -0.950. The molecule has 164 valence electrons. The van der Waals surface area contributed by atoms with Crippen molar-refractivity contribution in [3.63, 3.8) is 0 Å². The van der Waals surface area contributed by atoms with Gasteiger partial charge in [-0.2, -0.15) is 4.98 Å². The predicted octanol–water partition coefficient (Wildman–Crippen LogP) is 4.20. The summed E-state index contributed by atoms with van der Waals surface area (Å²) in [5, 5.41) is 16.7. The van der Waals surface area contributed by atoms with Gasteiger partial charge in [-0.3, -0.25) is 10.1 Å². The first-order chi connectivity index (χ1) is 14.4. The van der Waals surface area contributed by atoms with Crippen molar-refractivity contribution in [2.24, 2.45) is 0 Å². The molecular formula is C21H21Cl2N3O5. The van der Waals surface area contributed by atoms with Gasteiger partial charge in [0.05, 0.1) is 11.1 Å². The molecule has 2 N–H and O–H groups in total. The van der Waals surface area contributed by atoms with Crippen LogP contribution in [-0.2, 0) is 11.3 Å². The van der Waals surface area contributed by atoms with Crippen LogP contribution in [-0.4, -0.2) is 40.0 Å². The Morgan fingerprint density at radius 2 is 2.03 bits per heavy atom. The zero-order valence-corrected chi connectivity index (χ0v) is 18.4. The molecule has 0 radical (unpaired) electrons. The van der Waals surface area contributed by atoms with E-state index in [4.69, 9.17) is 25.6 Å². The van der Waals surface area contributed by atoms with Gasteiger partial charge in [-0.15, -0.1) is 12.4 Å². The zero-order valence-electron chi connectivity index (χ0n) is 16.8. The standard InChI is InChI=1S/C21H20ClN3O5.ClH/c1-11(2)29-18-6-4-13(8-15(18)22)20-24-19(25-30-20)12-3-5-17-14(7-12)9-23-16(10-28-17)21(26)27;/h3-8,11,16,23H,9-10H2,1-2H3,(H,26,27);1H. The minimum absolute atomic E-state index is 0. The van der Waals surface area contributed by atoms with Crippen LogP contribution in [0.2, 0.25) is 5.02 Å². The maximum Gasteiger partial charge on any atom is 0.324 e. The number of fused-ring (bicyclic) bond motifs is 1. The van der Waals surface area contributed by atoms with Crippen LogP contribution in [0.15, 0.2) is 40.9 Å². The largest absolute Gasteiger partial charge is 0.491 e. The lowest BCUT2D eigenvalue weighted by Crippen LogP contribution is -2.39. The molecular weight excluding hydrogens is 445 g/mol. The van der Waals surface area contributed by atoms with Gasteiger partial charge in [0.15, 0.2) is 0 Å². The van der Waals surface area contributed by atoms with Crippen molar-refractivity contribution in [1.82, 2.24) is 15.5 Å². The Bertz CT molecular complexity index is 1090. The highest BCUT2D eigenvalue weighted by atomic mass is 35.5. The van der Waals surface area contributed by atoms with Gasteiger partial charge in [0, 0.05) is 23.2 Å². The molecule has 0 saturated heterocycles. The Kier molecular flexibility index (Phi) is 7.04. The molecule has 2 heterocycles. The normalized spacial score (nSPS) is 15.4. The molecule has 0 aliphatic carbocycles. The van der Waals surface area contributed by atoms with E-state index in [-0.39, 0.29) is 25.1 Å². The number of halogens is 2. The van der Waals surface area contributed by atoms with Crippen molar-refractivity contribution in [2.45, 2.75) is 32.5 Å². The highest BCUT2D eigenvalue weighted by Gasteiger charge is 2.23. The van der Waals surface area contributed by atoms with E-state index in [1.807, 2.05) is 26.0 Å². The summed E-state index contributed by atoms with van der Waals surface area (Å²) in [6, 6.07) is 9.98. The second-order valence-electron chi connectivity index (χ2n) is 7.14. The molecule has 1 atom stereocenters. The number of hydrogen-bond donors (Lipinski definition) is 2. The molecule has 0 amide bonds. The Morgan fingerprint density at radius 1 is 1.26 bits per heavy atom. The van der Waals surface area contributed by atoms with E-state index in [9.17, 15) is 9.90 Å². The second kappa shape index (κ2) is 9.55. The Hall–Kier alpha value is -2.81. The molecule has 0 saturated carbocycles. The molecule has 8 nitrogen and oxygen atoms in total. The van der Waals surface area contributed by atoms with Crippen LogP contribution >= 0.6 is 24.0 Å². The maximum absolute atomic E-state index is 11.2. The molecule has 0 fully saturated rings. The van der Waals surface area contributed by atoms with E-state index in [2.05, 4.69) is 15.5 Å². The lowest BCUT2D eigenvalue weighted by atomic mass is 10.1. The van der Waals surface area contributed by atoms with Gasteiger partial charge in [-0.25, -0.2) is 0 Å². The zero-order chi connectivity index (χ0) is 21.3. The quantitative estimate of drug-likeness (QED) is 0.576. The molecule has 1 unspecified atom stereocenters. The molecule has 2 aromatic carbocycles. The summed E-state index contributed by atoms with van der Waals surface area (Å²) < 4.78 is 16.7. The Labute approximate surface area is 189 Å². The molecule has 1 aromatic heterocycles. The van der Waals surface area contributed by atoms with E-state index in [0.717, 1.165) is 11.1 Å². The van der Waals surface area contributed by atoms with E-state index in [0.29, 0.717) is 40.3 Å². The topological polar surface area (TPSA) is 107 Å². The number of nitrogens with zero attached hydrogens (tertiary/aromatic N) is 2. The highest BCUT2D eigenvalue weighted by Crippen LogP contribution is 2.32. The van der Waals surface area contributed by atoms with Crippen LogP contribution in [0.4, 0.5) is 0 Å². The molecule has 31 heavy (non-hydrogen) atoms. The number of nitrogens with one attached hydrogen (secondary N) is 1. The lowest BCUT2D eigenvalue weighted by Gasteiger charge is -2.11. The van der Waals surface area contributed by atoms with Gasteiger partial charge in [0.1, 0.15) is 24.1 Å². The summed E-state index contributed by atoms with van der Waals surface area (Å²) in [6.45, 7) is 4.28. The Balaban J connectivity index is 0.00000272. The SMILES string of the molecule is CC(C)Oc1ccc(-c2nc(-c3ccc4c(c3)CNC(C(=O)O)CO4)no2)cc1Cl.Cl. The Morgan fingerprint density at radius 3 is 2.74 bits per heavy atom. The van der Waals surface area contributed by atoms with Gasteiger partial charge in [0.25, 0.3) is 5.89 Å². The molecule has 10 heteroatoms. The van der Waals surface area contributed by atoms with Crippen LogP contribution in [0.5, 0.6) is 11.5 Å². The van der Waals surface area contributed by atoms with Crippen LogP contribution in [0, 0.1) is 0 Å². The molecule has 0 bridgehead atoms. The molecule has 3 aromatic rings. The molecule has 4 rings (SSSR count). The number of aliphatic carboxylic acids is 1. The third-order valence-corrected chi connectivity index (χ3v) is 4.82. The summed E-state index contributed by atoms with van der Waals surface area (Å²) in [7, 11) is 0. The number of carboxylic acids is 1. The predicted molar refractivity (Wildman–Crippen MR) is 117 cm³/mol. The molecule has 1 aliphatic heterocycles. The van der Waals surface area contributed by atoms with E-state index in [1.165, 1.54) is 0 Å². The van der Waals surface area contributed by atoms with Crippen LogP contribution < -0.4 is 14.8 Å². The van der Waals surface area contributed by atoms with Crippen molar-refractivity contribution < 1.29 is 23.9 Å². The number of rotatable bonds is 5. The lowest BCUT2D eigenvalue weighted by molar-refractivity contribution is -0.140. The monoisotopic (exact) mass is 465 g/mol. The number of carboxylic acid groups (broad SMARTS) is 1. The van der Waals surface area contributed by atoms with Gasteiger partial charge >= 0.3 is 5.97 Å². The number of ether oxygens (including phenoxy) is 2. The summed E-state index contributed by atoms with van der Waals surface area (Å²) in [5.41, 5.74) is 2.23. The second-order valence-corrected chi connectivity index (χ2v) is 7.55. The highest BCUT2D eigenvalue weighted by molar-refractivity contribution is 6.32. The first-order valence-corrected chi connectivity index (χ1v) is 9.81. The average Bonchev–Trinajstić information content (AvgIpc) is 3.09. The summed E-state index contributed by atoms with van der Waals surface area (Å²) in [4.78, 5) is 15.7. The third kappa shape index (κ3) is 5.10. The minimum Gasteiger partial charge on any atom is -0.491 e. The van der Waals surface area contributed by atoms with E-state index < -0.39 is 12.0 Å². The fraction of sp³-hybridized carbons (Fsp3) is 0.286. The van der Waals surface area contributed by atoms with Crippen molar-refractivity contribution in [3.05, 3.63) is 47.0 Å². The summed E-state index contributed by atoms with van der Waals surface area (Å²) in [5.74, 6) is 1.01. The first-order valence-electron chi connectivity index (χ1n) is 9.43. The summed E-state index contributed by atoms with van der Waals surface area (Å²) >= 11 is 6.30. The third-order valence-electron chi connectivity index (χ3n) is 4.53. The van der Waals surface area contributed by atoms with Gasteiger partial charge < -0.3 is 19.1 Å². The number of aromatic nitrogens is 2.